The molecule has 1 unspecified atom stereocenters. The number of alkyl halides is 3. The number of nitrogens with one attached hydrogen (secondary N) is 1. The number of amides is 1. The van der Waals surface area contributed by atoms with Gasteiger partial charge in [0, 0.05) is 38.9 Å². The van der Waals surface area contributed by atoms with Crippen molar-refractivity contribution in [1.82, 2.24) is 19.5 Å². The lowest BCUT2D eigenvalue weighted by atomic mass is 9.98. The van der Waals surface area contributed by atoms with E-state index in [1.54, 1.807) is 13.1 Å². The Hall–Kier alpha value is -2.50. The number of sulfonamides is 1. The molecule has 1 aromatic carbocycles. The molecule has 0 spiro atoms. The number of pyridine rings is 1. The van der Waals surface area contributed by atoms with Gasteiger partial charge in [-0.25, -0.2) is 12.7 Å². The van der Waals surface area contributed by atoms with Gasteiger partial charge in [-0.05, 0) is 54.5 Å². The number of carbonyl (C=O) groups is 1. The number of halogens is 3. The average Bonchev–Trinajstić information content (AvgIpc) is 3.17. The molecule has 7 nitrogen and oxygen atoms in total. The van der Waals surface area contributed by atoms with E-state index in [9.17, 15) is 26.4 Å². The van der Waals surface area contributed by atoms with E-state index in [4.69, 9.17) is 0 Å². The number of benzene rings is 1. The van der Waals surface area contributed by atoms with Crippen LogP contribution in [0.1, 0.15) is 66.0 Å². The van der Waals surface area contributed by atoms with Gasteiger partial charge in [-0.2, -0.15) is 13.2 Å². The van der Waals surface area contributed by atoms with Crippen LogP contribution in [0.4, 0.5) is 13.2 Å². The van der Waals surface area contributed by atoms with Gasteiger partial charge in [-0.15, -0.1) is 0 Å². The van der Waals surface area contributed by atoms with Crippen LogP contribution in [-0.4, -0.2) is 53.9 Å². The Morgan fingerprint density at radius 2 is 1.86 bits per heavy atom. The summed E-state index contributed by atoms with van der Waals surface area (Å²) in [7, 11) is -3.14. The van der Waals surface area contributed by atoms with Crippen molar-refractivity contribution >= 4 is 15.9 Å². The molecule has 2 aromatic rings. The number of fused-ring (bicyclic) bond motifs is 1. The topological polar surface area (TPSA) is 82.6 Å². The van der Waals surface area contributed by atoms with Crippen molar-refractivity contribution in [1.29, 1.82) is 0 Å². The van der Waals surface area contributed by atoms with E-state index in [0.29, 0.717) is 44.7 Å². The number of nitrogens with zero attached hydrogens (tertiary/aromatic N) is 3. The maximum absolute atomic E-state index is 12.9. The molecule has 11 heteroatoms. The molecule has 0 radical (unpaired) electrons. The lowest BCUT2D eigenvalue weighted by Gasteiger charge is -2.37. The highest BCUT2D eigenvalue weighted by molar-refractivity contribution is 7.89. The van der Waals surface area contributed by atoms with Crippen LogP contribution in [0.2, 0.25) is 0 Å². The van der Waals surface area contributed by atoms with E-state index >= 15 is 0 Å². The molecule has 202 valence electrons. The zero-order valence-electron chi connectivity index (χ0n) is 21.3. The van der Waals surface area contributed by atoms with E-state index < -0.39 is 21.8 Å². The summed E-state index contributed by atoms with van der Waals surface area (Å²) in [5, 5.41) is 2.91. The summed E-state index contributed by atoms with van der Waals surface area (Å²) in [5.74, 6) is 0.336. The fourth-order valence-corrected chi connectivity index (χ4v) is 6.30. The smallest absolute Gasteiger partial charge is 0.352 e. The van der Waals surface area contributed by atoms with Crippen molar-refractivity contribution in [2.24, 2.45) is 11.8 Å². The second-order valence-corrected chi connectivity index (χ2v) is 12.4. The summed E-state index contributed by atoms with van der Waals surface area (Å²) >= 11 is 0. The fraction of sp³-hybridized carbons (Fsp3) is 0.538. The van der Waals surface area contributed by atoms with Crippen LogP contribution in [-0.2, 0) is 29.3 Å². The van der Waals surface area contributed by atoms with Gasteiger partial charge in [0.15, 0.2) is 0 Å². The molecule has 1 saturated heterocycles. The van der Waals surface area contributed by atoms with Crippen molar-refractivity contribution in [3.05, 3.63) is 64.5 Å². The zero-order valence-corrected chi connectivity index (χ0v) is 22.1. The van der Waals surface area contributed by atoms with Gasteiger partial charge in [0.05, 0.1) is 28.6 Å². The monoisotopic (exact) mass is 538 g/mol. The molecule has 2 aliphatic heterocycles. The lowest BCUT2D eigenvalue weighted by molar-refractivity contribution is -0.137. The first-order chi connectivity index (χ1) is 17.4. The van der Waals surface area contributed by atoms with Gasteiger partial charge in [0.25, 0.3) is 5.91 Å². The number of carbonyl (C=O) groups excluding carboxylic acids is 1. The largest absolute Gasteiger partial charge is 0.416 e. The lowest BCUT2D eigenvalue weighted by Crippen LogP contribution is -2.51. The Morgan fingerprint density at radius 3 is 2.46 bits per heavy atom. The number of hydrogen-bond donors (Lipinski definition) is 1. The van der Waals surface area contributed by atoms with Crippen LogP contribution in [0.25, 0.3) is 0 Å². The highest BCUT2D eigenvalue weighted by Crippen LogP contribution is 2.39. The molecule has 3 heterocycles. The summed E-state index contributed by atoms with van der Waals surface area (Å²) in [4.78, 5) is 19.5. The van der Waals surface area contributed by atoms with Crippen LogP contribution < -0.4 is 5.32 Å². The molecule has 0 saturated carbocycles. The molecular weight excluding hydrogens is 505 g/mol. The molecule has 0 bridgehead atoms. The second-order valence-electron chi connectivity index (χ2n) is 10.2. The Kier molecular flexibility index (Phi) is 7.96. The second kappa shape index (κ2) is 10.7. The van der Waals surface area contributed by atoms with Gasteiger partial charge in [0.2, 0.25) is 10.0 Å². The quantitative estimate of drug-likeness (QED) is 0.517. The first-order valence-electron chi connectivity index (χ1n) is 12.5. The van der Waals surface area contributed by atoms with E-state index in [2.05, 4.69) is 29.0 Å². The number of aromatic nitrogens is 1. The molecule has 1 fully saturated rings. The predicted octanol–water partition coefficient (Wildman–Crippen LogP) is 4.21. The van der Waals surface area contributed by atoms with Crippen LogP contribution in [0.15, 0.2) is 36.5 Å². The Morgan fingerprint density at radius 1 is 1.19 bits per heavy atom. The minimum Gasteiger partial charge on any atom is -0.352 e. The molecule has 1 aromatic heterocycles. The van der Waals surface area contributed by atoms with Gasteiger partial charge in [-0.3, -0.25) is 14.7 Å². The minimum atomic E-state index is -4.36. The van der Waals surface area contributed by atoms with Gasteiger partial charge in [-0.1, -0.05) is 26.0 Å². The third kappa shape index (κ3) is 6.15. The summed E-state index contributed by atoms with van der Waals surface area (Å²) in [6, 6.07) is 7.07. The summed E-state index contributed by atoms with van der Waals surface area (Å²) in [6.07, 6.45) is -2.09. The SMILES string of the molecule is CCS(=O)(=O)N1CC(CCNC(=O)c2cnc3c(c2)CN(Cc2ccc(C(F)(F)F)cc2)C3C(C)C)C1. The number of rotatable bonds is 9. The highest BCUT2D eigenvalue weighted by atomic mass is 32.2. The van der Waals surface area contributed by atoms with Crippen molar-refractivity contribution in [2.45, 2.75) is 52.5 Å². The molecule has 1 amide bonds. The summed E-state index contributed by atoms with van der Waals surface area (Å²) in [6.45, 7) is 8.27. The molecule has 4 rings (SSSR count). The highest BCUT2D eigenvalue weighted by Gasteiger charge is 2.36. The fourth-order valence-electron chi connectivity index (χ4n) is 5.06. The van der Waals surface area contributed by atoms with Crippen LogP contribution in [0.3, 0.4) is 0 Å². The molecule has 2 aliphatic rings. The standard InChI is InChI=1S/C26H33F3N4O3S/c1-4-37(35,36)33-14-19(15-33)9-10-30-25(34)20-11-21-16-32(24(17(2)3)23(21)31-12-20)13-18-5-7-22(8-6-18)26(27,28)29/h5-8,11-12,17,19,24H,4,9-10,13-16H2,1-3H3,(H,30,34). The van der Waals surface area contributed by atoms with Gasteiger partial charge in [0.1, 0.15) is 0 Å². The first-order valence-corrected chi connectivity index (χ1v) is 14.1. The van der Waals surface area contributed by atoms with E-state index in [1.807, 2.05) is 6.07 Å². The van der Waals surface area contributed by atoms with Gasteiger partial charge < -0.3 is 5.32 Å². The summed E-state index contributed by atoms with van der Waals surface area (Å²) in [5.41, 5.74) is 2.41. The molecule has 0 aliphatic carbocycles. The predicted molar refractivity (Wildman–Crippen MR) is 134 cm³/mol. The third-order valence-corrected chi connectivity index (χ3v) is 8.94. The summed E-state index contributed by atoms with van der Waals surface area (Å²) < 4.78 is 63.9. The molecular formula is C26H33F3N4O3S. The Balaban J connectivity index is 1.35. The van der Waals surface area contributed by atoms with Crippen molar-refractivity contribution in [2.75, 3.05) is 25.4 Å². The van der Waals surface area contributed by atoms with Crippen LogP contribution >= 0.6 is 0 Å². The Bertz CT molecular complexity index is 1230. The third-order valence-electron chi connectivity index (χ3n) is 7.13. The maximum Gasteiger partial charge on any atom is 0.416 e. The Labute approximate surface area is 216 Å². The number of hydrogen-bond acceptors (Lipinski definition) is 5. The van der Waals surface area contributed by atoms with Gasteiger partial charge >= 0.3 is 6.18 Å². The molecule has 1 atom stereocenters. The van der Waals surface area contributed by atoms with E-state index in [-0.39, 0.29) is 29.5 Å². The minimum absolute atomic E-state index is 0.00429. The van der Waals surface area contributed by atoms with E-state index in [1.165, 1.54) is 16.4 Å². The first kappa shape index (κ1) is 27.5. The van der Waals surface area contributed by atoms with Crippen molar-refractivity contribution in [3.8, 4) is 0 Å². The average molecular weight is 539 g/mol. The van der Waals surface area contributed by atoms with Crippen LogP contribution in [0.5, 0.6) is 0 Å². The normalized spacial score (nSPS) is 19.2. The zero-order chi connectivity index (χ0) is 27.0. The van der Waals surface area contributed by atoms with Crippen LogP contribution in [0, 0.1) is 11.8 Å². The van der Waals surface area contributed by atoms with Crippen molar-refractivity contribution < 1.29 is 26.4 Å². The molecule has 37 heavy (non-hydrogen) atoms. The molecule has 1 N–H and O–H groups in total. The van der Waals surface area contributed by atoms with E-state index in [0.717, 1.165) is 29.0 Å². The maximum atomic E-state index is 12.9. The van der Waals surface area contributed by atoms with Crippen molar-refractivity contribution in [3.63, 3.8) is 0 Å².